The Hall–Kier alpha value is -3.13. The number of H-pyrrole nitrogens is 1. The van der Waals surface area contributed by atoms with Crippen LogP contribution in [0.5, 0.6) is 0 Å². The minimum absolute atomic E-state index is 0.0626. The highest BCUT2D eigenvalue weighted by atomic mass is 32.2. The van der Waals surface area contributed by atoms with Crippen molar-refractivity contribution < 1.29 is 9.21 Å². The van der Waals surface area contributed by atoms with E-state index in [4.69, 9.17) is 4.42 Å². The Kier molecular flexibility index (Phi) is 5.23. The fourth-order valence-corrected chi connectivity index (χ4v) is 4.79. The van der Waals surface area contributed by atoms with Crippen LogP contribution in [0.4, 0.5) is 0 Å². The van der Waals surface area contributed by atoms with Crippen LogP contribution in [-0.2, 0) is 5.75 Å². The third-order valence-corrected chi connectivity index (χ3v) is 6.28. The maximum absolute atomic E-state index is 13.7. The van der Waals surface area contributed by atoms with Gasteiger partial charge in [-0.1, -0.05) is 30.0 Å². The maximum atomic E-state index is 13.7. The molecule has 4 heterocycles. The number of benzene rings is 1. The van der Waals surface area contributed by atoms with Gasteiger partial charge < -0.3 is 14.3 Å². The molecule has 0 radical (unpaired) electrons. The smallest absolute Gasteiger partial charge is 0.290 e. The minimum atomic E-state index is -0.0862. The second-order valence-corrected chi connectivity index (χ2v) is 8.15. The minimum Gasteiger partial charge on any atom is -0.451 e. The number of nitrogens with zero attached hydrogens (tertiary/aromatic N) is 4. The largest absolute Gasteiger partial charge is 0.451 e. The highest BCUT2D eigenvalue weighted by molar-refractivity contribution is 7.98. The highest BCUT2D eigenvalue weighted by Crippen LogP contribution is 2.35. The summed E-state index contributed by atoms with van der Waals surface area (Å²) >= 11 is 1.50. The third kappa shape index (κ3) is 3.59. The molecule has 1 N–H and O–H groups in total. The Morgan fingerprint density at radius 2 is 2.00 bits per heavy atom. The molecule has 152 valence electrons. The lowest BCUT2D eigenvalue weighted by Gasteiger charge is -2.34. The summed E-state index contributed by atoms with van der Waals surface area (Å²) in [5.41, 5.74) is 1.61. The van der Waals surface area contributed by atoms with E-state index >= 15 is 0 Å². The van der Waals surface area contributed by atoms with Crippen LogP contribution in [0.15, 0.2) is 64.7 Å². The summed E-state index contributed by atoms with van der Waals surface area (Å²) in [7, 11) is 0. The molecule has 1 aliphatic heterocycles. The number of para-hydroxylation sites is 1. The van der Waals surface area contributed by atoms with Gasteiger partial charge in [-0.25, -0.2) is 15.0 Å². The van der Waals surface area contributed by atoms with E-state index in [0.29, 0.717) is 23.2 Å². The van der Waals surface area contributed by atoms with Crippen LogP contribution in [0, 0.1) is 0 Å². The van der Waals surface area contributed by atoms with Gasteiger partial charge in [-0.2, -0.15) is 0 Å². The van der Waals surface area contributed by atoms with Crippen molar-refractivity contribution in [2.24, 2.45) is 0 Å². The molecular formula is C22H21N5O2S. The van der Waals surface area contributed by atoms with Crippen molar-refractivity contribution in [1.82, 2.24) is 24.8 Å². The van der Waals surface area contributed by atoms with Crippen molar-refractivity contribution in [3.8, 4) is 0 Å². The fourth-order valence-electron chi connectivity index (χ4n) is 3.96. The number of nitrogens with one attached hydrogen (secondary N) is 1. The van der Waals surface area contributed by atoms with Gasteiger partial charge in [-0.05, 0) is 31.4 Å². The predicted molar refractivity (Wildman–Crippen MR) is 114 cm³/mol. The second kappa shape index (κ2) is 8.31. The molecule has 7 nitrogen and oxygen atoms in total. The van der Waals surface area contributed by atoms with E-state index in [0.717, 1.165) is 41.6 Å². The molecule has 4 aromatic rings. The van der Waals surface area contributed by atoms with E-state index < -0.39 is 0 Å². The molecule has 5 rings (SSSR count). The first-order valence-corrected chi connectivity index (χ1v) is 11.0. The lowest BCUT2D eigenvalue weighted by Crippen LogP contribution is -2.39. The number of hydrogen-bond donors (Lipinski definition) is 1. The number of amides is 1. The van der Waals surface area contributed by atoms with Crippen LogP contribution in [0.25, 0.3) is 11.0 Å². The first-order chi connectivity index (χ1) is 14.8. The van der Waals surface area contributed by atoms with Crippen LogP contribution in [-0.4, -0.2) is 37.3 Å². The molecule has 3 aromatic heterocycles. The Labute approximate surface area is 177 Å². The Bertz CT molecular complexity index is 1140. The SMILES string of the molecule is O=C(c1oc2ccccc2c1CSc1ncccn1)N1CCCC[C@@H]1c1ncc[nH]1. The van der Waals surface area contributed by atoms with E-state index in [-0.39, 0.29) is 11.9 Å². The van der Waals surface area contributed by atoms with Gasteiger partial charge in [0.2, 0.25) is 0 Å². The van der Waals surface area contributed by atoms with Crippen molar-refractivity contribution in [3.63, 3.8) is 0 Å². The lowest BCUT2D eigenvalue weighted by atomic mass is 10.0. The lowest BCUT2D eigenvalue weighted by molar-refractivity contribution is 0.0569. The Balaban J connectivity index is 1.50. The van der Waals surface area contributed by atoms with Gasteiger partial charge in [-0.3, -0.25) is 4.79 Å². The summed E-state index contributed by atoms with van der Waals surface area (Å²) in [4.78, 5) is 31.7. The normalized spacial score (nSPS) is 16.8. The van der Waals surface area contributed by atoms with Gasteiger partial charge in [0.15, 0.2) is 10.9 Å². The Morgan fingerprint density at radius 3 is 2.83 bits per heavy atom. The van der Waals surface area contributed by atoms with E-state index in [1.54, 1.807) is 30.9 Å². The number of carbonyl (C=O) groups excluding carboxylic acids is 1. The summed E-state index contributed by atoms with van der Waals surface area (Å²) in [5.74, 6) is 1.70. The van der Waals surface area contributed by atoms with Gasteiger partial charge in [0.1, 0.15) is 11.4 Å². The van der Waals surface area contributed by atoms with Gasteiger partial charge in [-0.15, -0.1) is 0 Å². The number of likely N-dealkylation sites (tertiary alicyclic amines) is 1. The second-order valence-electron chi connectivity index (χ2n) is 7.21. The zero-order valence-corrected chi connectivity index (χ0v) is 17.1. The van der Waals surface area contributed by atoms with Gasteiger partial charge >= 0.3 is 0 Å². The number of fused-ring (bicyclic) bond motifs is 1. The number of piperidine rings is 1. The molecular weight excluding hydrogens is 398 g/mol. The molecule has 0 saturated carbocycles. The first-order valence-electron chi connectivity index (χ1n) is 10.0. The summed E-state index contributed by atoms with van der Waals surface area (Å²) in [6.07, 6.45) is 9.91. The molecule has 8 heteroatoms. The summed E-state index contributed by atoms with van der Waals surface area (Å²) in [5, 5.41) is 1.63. The molecule has 1 saturated heterocycles. The fraction of sp³-hybridized carbons (Fsp3) is 0.273. The molecule has 0 aliphatic carbocycles. The average Bonchev–Trinajstić information content (AvgIpc) is 3.46. The number of carbonyl (C=O) groups is 1. The van der Waals surface area contributed by atoms with E-state index in [1.807, 2.05) is 29.2 Å². The number of furan rings is 1. The standard InChI is InChI=1S/C22H21N5O2S/c28-21(27-13-4-3-7-17(27)20-23-11-12-24-20)19-16(14-30-22-25-9-5-10-26-22)15-6-1-2-8-18(15)29-19/h1-2,5-6,8-12,17H,3-4,7,13-14H2,(H,23,24)/t17-/m1/s1. The maximum Gasteiger partial charge on any atom is 0.290 e. The van der Waals surface area contributed by atoms with Crippen molar-refractivity contribution in [2.75, 3.05) is 6.54 Å². The molecule has 1 atom stereocenters. The van der Waals surface area contributed by atoms with Crippen LogP contribution in [0.2, 0.25) is 0 Å². The summed E-state index contributed by atoms with van der Waals surface area (Å²) < 4.78 is 6.09. The van der Waals surface area contributed by atoms with Gasteiger partial charge in [0, 0.05) is 48.0 Å². The summed E-state index contributed by atoms with van der Waals surface area (Å²) in [6.45, 7) is 0.690. The van der Waals surface area contributed by atoms with Gasteiger partial charge in [0.25, 0.3) is 5.91 Å². The Morgan fingerprint density at radius 1 is 1.13 bits per heavy atom. The monoisotopic (exact) mass is 419 g/mol. The van der Waals surface area contributed by atoms with Crippen LogP contribution >= 0.6 is 11.8 Å². The first kappa shape index (κ1) is 18.9. The third-order valence-electron chi connectivity index (χ3n) is 5.38. The van der Waals surface area contributed by atoms with Crippen molar-refractivity contribution in [3.05, 3.63) is 72.3 Å². The predicted octanol–water partition coefficient (Wildman–Crippen LogP) is 4.61. The van der Waals surface area contributed by atoms with E-state index in [9.17, 15) is 4.79 Å². The number of hydrogen-bond acceptors (Lipinski definition) is 6. The number of aromatic amines is 1. The molecule has 1 amide bonds. The van der Waals surface area contributed by atoms with Crippen LogP contribution in [0.1, 0.15) is 47.2 Å². The molecule has 1 fully saturated rings. The number of rotatable bonds is 5. The average molecular weight is 420 g/mol. The summed E-state index contributed by atoms with van der Waals surface area (Å²) in [6, 6.07) is 9.51. The number of imidazole rings is 1. The topological polar surface area (TPSA) is 87.9 Å². The van der Waals surface area contributed by atoms with Crippen molar-refractivity contribution in [1.29, 1.82) is 0 Å². The molecule has 0 bridgehead atoms. The zero-order valence-electron chi connectivity index (χ0n) is 16.3. The molecule has 30 heavy (non-hydrogen) atoms. The van der Waals surface area contributed by atoms with Gasteiger partial charge in [0.05, 0.1) is 6.04 Å². The molecule has 1 aliphatic rings. The highest BCUT2D eigenvalue weighted by Gasteiger charge is 2.33. The number of aromatic nitrogens is 4. The quantitative estimate of drug-likeness (QED) is 0.376. The van der Waals surface area contributed by atoms with E-state index in [1.165, 1.54) is 11.8 Å². The van der Waals surface area contributed by atoms with Crippen molar-refractivity contribution >= 4 is 28.6 Å². The van der Waals surface area contributed by atoms with Crippen molar-refractivity contribution in [2.45, 2.75) is 36.2 Å². The van der Waals surface area contributed by atoms with Crippen LogP contribution < -0.4 is 0 Å². The molecule has 0 spiro atoms. The molecule has 1 aromatic carbocycles. The number of thioether (sulfide) groups is 1. The molecule has 0 unspecified atom stereocenters. The van der Waals surface area contributed by atoms with E-state index in [2.05, 4.69) is 19.9 Å². The zero-order chi connectivity index (χ0) is 20.3. The van der Waals surface area contributed by atoms with Crippen LogP contribution in [0.3, 0.4) is 0 Å².